The Bertz CT molecular complexity index is 699. The van der Waals surface area contributed by atoms with Crippen LogP contribution in [0.5, 0.6) is 0 Å². The SMILES string of the molecule is COCCC(NC(=O)CCCc1ccc2ccccc2c1)C(=O)O. The predicted octanol–water partition coefficient (Wildman–Crippen LogP) is 2.77. The highest BCUT2D eigenvalue weighted by atomic mass is 16.5. The molecule has 0 bridgehead atoms. The maximum Gasteiger partial charge on any atom is 0.326 e. The lowest BCUT2D eigenvalue weighted by molar-refractivity contribution is -0.142. The maximum atomic E-state index is 11.9. The molecule has 1 amide bonds. The van der Waals surface area contributed by atoms with E-state index in [1.54, 1.807) is 0 Å². The van der Waals surface area contributed by atoms with Gasteiger partial charge in [-0.2, -0.15) is 0 Å². The molecule has 2 N–H and O–H groups in total. The summed E-state index contributed by atoms with van der Waals surface area (Å²) in [6.07, 6.45) is 2.04. The Morgan fingerprint density at radius 3 is 2.62 bits per heavy atom. The summed E-state index contributed by atoms with van der Waals surface area (Å²) in [5.41, 5.74) is 1.18. The van der Waals surface area contributed by atoms with Crippen molar-refractivity contribution in [2.75, 3.05) is 13.7 Å². The first kappa shape index (κ1) is 17.9. The Hall–Kier alpha value is -2.40. The van der Waals surface area contributed by atoms with Crippen LogP contribution in [0.1, 0.15) is 24.8 Å². The molecule has 5 nitrogen and oxygen atoms in total. The van der Waals surface area contributed by atoms with Gasteiger partial charge in [-0.1, -0.05) is 42.5 Å². The molecule has 128 valence electrons. The van der Waals surface area contributed by atoms with E-state index in [4.69, 9.17) is 9.84 Å². The topological polar surface area (TPSA) is 75.6 Å². The van der Waals surface area contributed by atoms with E-state index in [1.165, 1.54) is 23.4 Å². The van der Waals surface area contributed by atoms with Crippen molar-refractivity contribution in [3.05, 3.63) is 48.0 Å². The van der Waals surface area contributed by atoms with Crippen LogP contribution in [0, 0.1) is 0 Å². The van der Waals surface area contributed by atoms with Gasteiger partial charge in [0.2, 0.25) is 5.91 Å². The largest absolute Gasteiger partial charge is 0.480 e. The number of ether oxygens (including phenoxy) is 1. The zero-order chi connectivity index (χ0) is 17.4. The highest BCUT2D eigenvalue weighted by Crippen LogP contribution is 2.17. The normalized spacial score (nSPS) is 12.0. The van der Waals surface area contributed by atoms with Gasteiger partial charge in [0, 0.05) is 26.6 Å². The highest BCUT2D eigenvalue weighted by Gasteiger charge is 2.19. The van der Waals surface area contributed by atoms with Crippen LogP contribution in [0.3, 0.4) is 0 Å². The third-order valence-electron chi connectivity index (χ3n) is 3.93. The highest BCUT2D eigenvalue weighted by molar-refractivity contribution is 5.84. The number of amides is 1. The zero-order valence-electron chi connectivity index (χ0n) is 13.8. The van der Waals surface area contributed by atoms with Crippen molar-refractivity contribution < 1.29 is 19.4 Å². The number of hydrogen-bond donors (Lipinski definition) is 2. The van der Waals surface area contributed by atoms with Crippen molar-refractivity contribution in [1.29, 1.82) is 0 Å². The first-order chi connectivity index (χ1) is 11.6. The Labute approximate surface area is 141 Å². The zero-order valence-corrected chi connectivity index (χ0v) is 13.8. The van der Waals surface area contributed by atoms with Gasteiger partial charge >= 0.3 is 5.97 Å². The van der Waals surface area contributed by atoms with Crippen LogP contribution in [-0.4, -0.2) is 36.7 Å². The van der Waals surface area contributed by atoms with Gasteiger partial charge in [-0.3, -0.25) is 4.79 Å². The Balaban J connectivity index is 1.81. The number of carboxylic acid groups (broad SMARTS) is 1. The van der Waals surface area contributed by atoms with E-state index < -0.39 is 12.0 Å². The molecule has 2 rings (SSSR count). The minimum atomic E-state index is -1.03. The Morgan fingerprint density at radius 1 is 1.17 bits per heavy atom. The molecule has 0 aliphatic rings. The summed E-state index contributed by atoms with van der Waals surface area (Å²) in [5, 5.41) is 14.0. The van der Waals surface area contributed by atoms with Crippen molar-refractivity contribution >= 4 is 22.6 Å². The molecule has 0 heterocycles. The number of aliphatic carboxylic acids is 1. The van der Waals surface area contributed by atoms with Gasteiger partial charge in [0.15, 0.2) is 0 Å². The molecule has 24 heavy (non-hydrogen) atoms. The van der Waals surface area contributed by atoms with Crippen molar-refractivity contribution in [2.45, 2.75) is 31.7 Å². The molecule has 0 aliphatic carbocycles. The van der Waals surface area contributed by atoms with Gasteiger partial charge < -0.3 is 15.2 Å². The number of hydrogen-bond acceptors (Lipinski definition) is 3. The standard InChI is InChI=1S/C19H23NO4/c1-24-12-11-17(19(22)23)20-18(21)8-4-5-14-9-10-15-6-2-3-7-16(15)13-14/h2-3,6-7,9-10,13,17H,4-5,8,11-12H2,1H3,(H,20,21)(H,22,23). The van der Waals surface area contributed by atoms with Gasteiger partial charge in [-0.05, 0) is 29.2 Å². The van der Waals surface area contributed by atoms with E-state index in [0.717, 1.165) is 6.42 Å². The molecule has 0 saturated heterocycles. The van der Waals surface area contributed by atoms with Crippen LogP contribution >= 0.6 is 0 Å². The molecule has 0 spiro atoms. The van der Waals surface area contributed by atoms with E-state index in [-0.39, 0.29) is 12.3 Å². The van der Waals surface area contributed by atoms with Crippen LogP contribution < -0.4 is 5.32 Å². The number of aryl methyl sites for hydroxylation is 1. The Kier molecular flexibility index (Phi) is 6.75. The van der Waals surface area contributed by atoms with Crippen molar-refractivity contribution in [2.24, 2.45) is 0 Å². The number of carbonyl (C=O) groups is 2. The van der Waals surface area contributed by atoms with Crippen LogP contribution in [0.25, 0.3) is 10.8 Å². The molecule has 0 aliphatic heterocycles. The number of benzene rings is 2. The molecule has 1 atom stereocenters. The minimum absolute atomic E-state index is 0.237. The molecule has 0 saturated carbocycles. The molecular weight excluding hydrogens is 306 g/mol. The van der Waals surface area contributed by atoms with E-state index in [9.17, 15) is 9.59 Å². The van der Waals surface area contributed by atoms with Crippen LogP contribution in [0.15, 0.2) is 42.5 Å². The third kappa shape index (κ3) is 5.35. The lowest BCUT2D eigenvalue weighted by Crippen LogP contribution is -2.41. The number of carboxylic acids is 1. The summed E-state index contributed by atoms with van der Waals surface area (Å²) < 4.78 is 4.86. The lowest BCUT2D eigenvalue weighted by Gasteiger charge is -2.14. The van der Waals surface area contributed by atoms with Crippen LogP contribution in [-0.2, 0) is 20.7 Å². The first-order valence-electron chi connectivity index (χ1n) is 8.09. The molecule has 1 unspecified atom stereocenters. The molecule has 2 aromatic rings. The summed E-state index contributed by atoms with van der Waals surface area (Å²) in [4.78, 5) is 23.0. The average molecular weight is 329 g/mol. The number of nitrogens with one attached hydrogen (secondary N) is 1. The number of carbonyl (C=O) groups excluding carboxylic acids is 1. The summed E-state index contributed by atoms with van der Waals surface area (Å²) in [6, 6.07) is 13.5. The smallest absolute Gasteiger partial charge is 0.326 e. The second-order valence-electron chi connectivity index (χ2n) is 5.77. The number of methoxy groups -OCH3 is 1. The van der Waals surface area contributed by atoms with Gasteiger partial charge in [-0.15, -0.1) is 0 Å². The van der Waals surface area contributed by atoms with E-state index in [1.807, 2.05) is 12.1 Å². The summed E-state index contributed by atoms with van der Waals surface area (Å²) in [5.74, 6) is -1.27. The van der Waals surface area contributed by atoms with Crippen molar-refractivity contribution in [3.63, 3.8) is 0 Å². The van der Waals surface area contributed by atoms with Gasteiger partial charge in [0.1, 0.15) is 6.04 Å². The summed E-state index contributed by atoms with van der Waals surface area (Å²) in [6.45, 7) is 0.300. The molecular formula is C19H23NO4. The molecule has 2 aromatic carbocycles. The number of fused-ring (bicyclic) bond motifs is 1. The van der Waals surface area contributed by atoms with E-state index in [0.29, 0.717) is 19.4 Å². The van der Waals surface area contributed by atoms with Gasteiger partial charge in [0.25, 0.3) is 0 Å². The first-order valence-corrected chi connectivity index (χ1v) is 8.09. The second-order valence-corrected chi connectivity index (χ2v) is 5.77. The fourth-order valence-corrected chi connectivity index (χ4v) is 2.61. The number of rotatable bonds is 9. The Morgan fingerprint density at radius 2 is 1.92 bits per heavy atom. The third-order valence-corrected chi connectivity index (χ3v) is 3.93. The van der Waals surface area contributed by atoms with Crippen LogP contribution in [0.4, 0.5) is 0 Å². The average Bonchev–Trinajstić information content (AvgIpc) is 2.58. The summed E-state index contributed by atoms with van der Waals surface area (Å²) in [7, 11) is 1.50. The maximum absolute atomic E-state index is 11.9. The molecule has 5 heteroatoms. The van der Waals surface area contributed by atoms with Crippen molar-refractivity contribution in [3.8, 4) is 0 Å². The quantitative estimate of drug-likeness (QED) is 0.742. The lowest BCUT2D eigenvalue weighted by atomic mass is 10.0. The minimum Gasteiger partial charge on any atom is -0.480 e. The van der Waals surface area contributed by atoms with Gasteiger partial charge in [-0.25, -0.2) is 4.79 Å². The van der Waals surface area contributed by atoms with E-state index >= 15 is 0 Å². The van der Waals surface area contributed by atoms with E-state index in [2.05, 4.69) is 35.6 Å². The fraction of sp³-hybridized carbons (Fsp3) is 0.368. The summed E-state index contributed by atoms with van der Waals surface area (Å²) >= 11 is 0. The van der Waals surface area contributed by atoms with Crippen LogP contribution in [0.2, 0.25) is 0 Å². The van der Waals surface area contributed by atoms with Crippen molar-refractivity contribution in [1.82, 2.24) is 5.32 Å². The second kappa shape index (κ2) is 9.03. The predicted molar refractivity (Wildman–Crippen MR) is 92.9 cm³/mol. The fourth-order valence-electron chi connectivity index (χ4n) is 2.61. The van der Waals surface area contributed by atoms with Gasteiger partial charge in [0.05, 0.1) is 0 Å². The molecule has 0 aromatic heterocycles. The monoisotopic (exact) mass is 329 g/mol. The molecule has 0 fully saturated rings. The molecule has 0 radical (unpaired) electrons.